The number of amides is 2. The van der Waals surface area contributed by atoms with E-state index in [1.165, 1.54) is 25.7 Å². The standard InChI is InChI=1S/C32H39N3O3S/c36-31(33-18-9-19-34(23-10-1-2-11-23)22-25-14-7-20-38-25)29-26-15-5-6-16-27(26)32(37)35(24-12-3-4-13-24)30(29)28-17-8-21-39-28/h5-8,14-17,20-21,23-24,29-30H,1-4,9-13,18-19,22H2,(H,33,36)/t29-,30+/m1/s1. The van der Waals surface area contributed by atoms with E-state index in [2.05, 4.69) is 26.6 Å². The minimum absolute atomic E-state index is 0.0230. The van der Waals surface area contributed by atoms with Gasteiger partial charge in [0.05, 0.1) is 24.8 Å². The predicted octanol–water partition coefficient (Wildman–Crippen LogP) is 6.52. The van der Waals surface area contributed by atoms with Crippen molar-refractivity contribution in [2.45, 2.75) is 88.4 Å². The molecule has 2 aromatic heterocycles. The van der Waals surface area contributed by atoms with Crippen LogP contribution in [0.4, 0.5) is 0 Å². The van der Waals surface area contributed by atoms with Gasteiger partial charge in [0.15, 0.2) is 0 Å². The Morgan fingerprint density at radius 3 is 2.54 bits per heavy atom. The third-order valence-corrected chi connectivity index (χ3v) is 9.86. The number of benzene rings is 1. The van der Waals surface area contributed by atoms with Gasteiger partial charge in [0.2, 0.25) is 5.91 Å². The minimum Gasteiger partial charge on any atom is -0.468 e. The summed E-state index contributed by atoms with van der Waals surface area (Å²) in [5.41, 5.74) is 1.54. The van der Waals surface area contributed by atoms with E-state index in [0.717, 1.165) is 61.4 Å². The largest absolute Gasteiger partial charge is 0.468 e. The van der Waals surface area contributed by atoms with Crippen molar-refractivity contribution in [3.63, 3.8) is 0 Å². The van der Waals surface area contributed by atoms with Gasteiger partial charge in [-0.05, 0) is 67.3 Å². The van der Waals surface area contributed by atoms with Crippen molar-refractivity contribution in [2.75, 3.05) is 13.1 Å². The number of carbonyl (C=O) groups excluding carboxylic acids is 2. The van der Waals surface area contributed by atoms with Crippen LogP contribution in [-0.2, 0) is 11.3 Å². The summed E-state index contributed by atoms with van der Waals surface area (Å²) in [7, 11) is 0. The van der Waals surface area contributed by atoms with E-state index in [-0.39, 0.29) is 23.9 Å². The molecule has 6 rings (SSSR count). The van der Waals surface area contributed by atoms with Crippen LogP contribution in [0.25, 0.3) is 0 Å². The van der Waals surface area contributed by atoms with Crippen LogP contribution in [0.2, 0.25) is 0 Å². The Morgan fingerprint density at radius 2 is 1.79 bits per heavy atom. The molecular formula is C32H39N3O3S. The molecule has 1 aliphatic heterocycles. The third kappa shape index (κ3) is 5.57. The Hall–Kier alpha value is -2.90. The number of furan rings is 1. The quantitative estimate of drug-likeness (QED) is 0.295. The van der Waals surface area contributed by atoms with Crippen molar-refractivity contribution in [1.82, 2.24) is 15.1 Å². The molecule has 2 fully saturated rings. The Morgan fingerprint density at radius 1 is 1.00 bits per heavy atom. The van der Waals surface area contributed by atoms with Crippen LogP contribution in [0, 0.1) is 0 Å². The van der Waals surface area contributed by atoms with Gasteiger partial charge in [0, 0.05) is 35.6 Å². The number of nitrogens with zero attached hydrogens (tertiary/aromatic N) is 2. The lowest BCUT2D eigenvalue weighted by Gasteiger charge is -2.44. The number of carbonyl (C=O) groups is 2. The van der Waals surface area contributed by atoms with Crippen molar-refractivity contribution in [3.05, 3.63) is 81.9 Å². The topological polar surface area (TPSA) is 65.8 Å². The Bertz CT molecular complexity index is 1230. The molecule has 1 aromatic carbocycles. The Labute approximate surface area is 235 Å². The van der Waals surface area contributed by atoms with Crippen molar-refractivity contribution in [1.29, 1.82) is 0 Å². The molecule has 0 unspecified atom stereocenters. The van der Waals surface area contributed by atoms with Gasteiger partial charge in [-0.1, -0.05) is 49.9 Å². The lowest BCUT2D eigenvalue weighted by Crippen LogP contribution is -2.50. The van der Waals surface area contributed by atoms with Gasteiger partial charge in [-0.15, -0.1) is 11.3 Å². The highest BCUT2D eigenvalue weighted by Crippen LogP contribution is 2.47. The molecule has 3 heterocycles. The molecule has 3 aromatic rings. The molecule has 2 atom stereocenters. The molecule has 0 saturated heterocycles. The summed E-state index contributed by atoms with van der Waals surface area (Å²) >= 11 is 1.65. The van der Waals surface area contributed by atoms with Gasteiger partial charge in [0.1, 0.15) is 5.76 Å². The van der Waals surface area contributed by atoms with E-state index in [1.807, 2.05) is 42.5 Å². The molecule has 7 heteroatoms. The van der Waals surface area contributed by atoms with Gasteiger partial charge in [-0.2, -0.15) is 0 Å². The first-order valence-corrected chi connectivity index (χ1v) is 15.6. The molecule has 6 nitrogen and oxygen atoms in total. The molecule has 0 radical (unpaired) electrons. The molecular weight excluding hydrogens is 506 g/mol. The average Bonchev–Trinajstić information content (AvgIpc) is 3.78. The first kappa shape index (κ1) is 26.3. The first-order chi connectivity index (χ1) is 19.2. The molecule has 0 bridgehead atoms. The van der Waals surface area contributed by atoms with Crippen LogP contribution in [0.5, 0.6) is 0 Å². The number of nitrogens with one attached hydrogen (secondary N) is 1. The molecule has 2 aliphatic carbocycles. The number of thiophene rings is 1. The summed E-state index contributed by atoms with van der Waals surface area (Å²) < 4.78 is 5.65. The summed E-state index contributed by atoms with van der Waals surface area (Å²) in [4.78, 5) is 33.6. The fourth-order valence-electron chi connectivity index (χ4n) is 7.05. The molecule has 3 aliphatic rings. The first-order valence-electron chi connectivity index (χ1n) is 14.7. The second kappa shape index (κ2) is 12.1. The minimum atomic E-state index is -0.410. The van der Waals surface area contributed by atoms with Crippen molar-refractivity contribution < 1.29 is 14.0 Å². The summed E-state index contributed by atoms with van der Waals surface area (Å²) in [5, 5.41) is 5.35. The zero-order chi connectivity index (χ0) is 26.6. The zero-order valence-corrected chi connectivity index (χ0v) is 23.4. The van der Waals surface area contributed by atoms with Crippen LogP contribution in [0.15, 0.2) is 64.6 Å². The van der Waals surface area contributed by atoms with Gasteiger partial charge < -0.3 is 14.6 Å². The monoisotopic (exact) mass is 545 g/mol. The second-order valence-corrected chi connectivity index (χ2v) is 12.3. The van der Waals surface area contributed by atoms with Crippen LogP contribution in [0.3, 0.4) is 0 Å². The molecule has 2 saturated carbocycles. The van der Waals surface area contributed by atoms with Gasteiger partial charge in [-0.25, -0.2) is 0 Å². The van der Waals surface area contributed by atoms with E-state index in [0.29, 0.717) is 18.2 Å². The highest BCUT2D eigenvalue weighted by atomic mass is 32.1. The maximum absolute atomic E-state index is 14.0. The smallest absolute Gasteiger partial charge is 0.254 e. The number of fused-ring (bicyclic) bond motifs is 1. The highest BCUT2D eigenvalue weighted by molar-refractivity contribution is 7.10. The van der Waals surface area contributed by atoms with Crippen molar-refractivity contribution >= 4 is 23.2 Å². The van der Waals surface area contributed by atoms with Crippen molar-refractivity contribution in [2.24, 2.45) is 0 Å². The summed E-state index contributed by atoms with van der Waals surface area (Å²) in [6.07, 6.45) is 12.0. The Kier molecular flexibility index (Phi) is 8.16. The fourth-order valence-corrected chi connectivity index (χ4v) is 7.91. The highest BCUT2D eigenvalue weighted by Gasteiger charge is 2.47. The molecule has 0 spiro atoms. The number of rotatable bonds is 10. The molecule has 206 valence electrons. The number of hydrogen-bond acceptors (Lipinski definition) is 5. The van der Waals surface area contributed by atoms with E-state index in [9.17, 15) is 9.59 Å². The zero-order valence-electron chi connectivity index (χ0n) is 22.6. The van der Waals surface area contributed by atoms with E-state index in [1.54, 1.807) is 17.6 Å². The third-order valence-electron chi connectivity index (χ3n) is 8.91. The van der Waals surface area contributed by atoms with Gasteiger partial charge in [0.25, 0.3) is 5.91 Å². The van der Waals surface area contributed by atoms with Gasteiger partial charge >= 0.3 is 0 Å². The second-order valence-electron chi connectivity index (χ2n) is 11.3. The van der Waals surface area contributed by atoms with Crippen LogP contribution >= 0.6 is 11.3 Å². The van der Waals surface area contributed by atoms with Crippen molar-refractivity contribution in [3.8, 4) is 0 Å². The predicted molar refractivity (Wildman–Crippen MR) is 154 cm³/mol. The molecule has 2 amide bonds. The van der Waals surface area contributed by atoms with E-state index >= 15 is 0 Å². The summed E-state index contributed by atoms with van der Waals surface area (Å²) in [5.74, 6) is 0.687. The fraction of sp³-hybridized carbons (Fsp3) is 0.500. The molecule has 1 N–H and O–H groups in total. The van der Waals surface area contributed by atoms with Gasteiger partial charge in [-0.3, -0.25) is 14.5 Å². The summed E-state index contributed by atoms with van der Waals surface area (Å²) in [6, 6.07) is 16.4. The van der Waals surface area contributed by atoms with Crippen LogP contribution in [-0.4, -0.2) is 46.8 Å². The normalized spacial score (nSPS) is 22.1. The summed E-state index contributed by atoms with van der Waals surface area (Å²) in [6.45, 7) is 2.36. The van der Waals surface area contributed by atoms with E-state index in [4.69, 9.17) is 4.42 Å². The van der Waals surface area contributed by atoms with Crippen LogP contribution in [0.1, 0.15) is 96.3 Å². The van der Waals surface area contributed by atoms with Crippen LogP contribution < -0.4 is 5.32 Å². The molecule has 39 heavy (non-hydrogen) atoms. The Balaban J connectivity index is 1.19. The average molecular weight is 546 g/mol. The maximum Gasteiger partial charge on any atom is 0.254 e. The lowest BCUT2D eigenvalue weighted by atomic mass is 9.80. The van der Waals surface area contributed by atoms with E-state index < -0.39 is 5.92 Å². The maximum atomic E-state index is 14.0. The number of hydrogen-bond donors (Lipinski definition) is 1. The lowest BCUT2D eigenvalue weighted by molar-refractivity contribution is -0.124. The SMILES string of the molecule is O=C(NCCCN(Cc1ccco1)C1CCCC1)[C@@H]1c2ccccc2C(=O)N(C2CCCC2)[C@H]1c1cccs1.